The normalized spacial score (nSPS) is 12.0. The van der Waals surface area contributed by atoms with Gasteiger partial charge in [0.1, 0.15) is 11.9 Å². The molecule has 0 aliphatic carbocycles. The van der Waals surface area contributed by atoms with E-state index in [4.69, 9.17) is 12.2 Å². The van der Waals surface area contributed by atoms with Crippen molar-refractivity contribution in [3.63, 3.8) is 0 Å². The molecule has 0 fully saturated rings. The topological polar surface area (TPSA) is 28.5 Å². The number of quaternary nitrogens is 1. The summed E-state index contributed by atoms with van der Waals surface area (Å²) in [6, 6.07) is 15.8. The van der Waals surface area contributed by atoms with Crippen molar-refractivity contribution < 1.29 is 9.29 Å². The van der Waals surface area contributed by atoms with Crippen molar-refractivity contribution >= 4 is 23.0 Å². The van der Waals surface area contributed by atoms with Crippen LogP contribution in [0, 0.1) is 12.7 Å². The Morgan fingerprint density at radius 1 is 1.17 bits per heavy atom. The molecule has 0 amide bonds. The van der Waals surface area contributed by atoms with E-state index in [-0.39, 0.29) is 5.82 Å². The summed E-state index contributed by atoms with van der Waals surface area (Å²) in [5.41, 5.74) is 2.59. The molecule has 5 heteroatoms. The van der Waals surface area contributed by atoms with Crippen LogP contribution in [0.4, 0.5) is 10.1 Å². The first kappa shape index (κ1) is 18.4. The third kappa shape index (κ3) is 5.58. The minimum absolute atomic E-state index is 0.234. The van der Waals surface area contributed by atoms with E-state index >= 15 is 0 Å². The lowest BCUT2D eigenvalue weighted by Gasteiger charge is -2.23. The minimum atomic E-state index is -0.234. The summed E-state index contributed by atoms with van der Waals surface area (Å²) in [4.78, 5) is 1.36. The molecular formula is C19H25FN3S+. The van der Waals surface area contributed by atoms with Gasteiger partial charge in [0.05, 0.1) is 20.6 Å². The number of aryl methyl sites for hydroxylation is 1. The van der Waals surface area contributed by atoms with Gasteiger partial charge >= 0.3 is 0 Å². The van der Waals surface area contributed by atoms with Crippen molar-refractivity contribution in [2.24, 2.45) is 0 Å². The van der Waals surface area contributed by atoms with Crippen molar-refractivity contribution in [3.05, 3.63) is 65.5 Å². The molecule has 128 valence electrons. The van der Waals surface area contributed by atoms with E-state index in [2.05, 4.69) is 49.0 Å². The predicted octanol–water partition coefficient (Wildman–Crippen LogP) is 2.18. The molecule has 0 heterocycles. The van der Waals surface area contributed by atoms with Gasteiger partial charge in [-0.25, -0.2) is 4.39 Å². The number of hydrogen-bond acceptors (Lipinski definition) is 1. The Hall–Kier alpha value is -1.98. The number of benzene rings is 2. The number of likely N-dealkylation sites (N-methyl/N-ethyl adjacent to an activating group) is 1. The van der Waals surface area contributed by atoms with Crippen molar-refractivity contribution in [2.45, 2.75) is 19.4 Å². The number of nitrogens with one attached hydrogen (secondary N) is 3. The highest BCUT2D eigenvalue weighted by Gasteiger charge is 2.16. The molecule has 3 N–H and O–H groups in total. The highest BCUT2D eigenvalue weighted by molar-refractivity contribution is 7.80. The molecule has 2 aromatic rings. The molecule has 1 atom stereocenters. The highest BCUT2D eigenvalue weighted by Crippen LogP contribution is 2.13. The molecule has 0 spiro atoms. The summed E-state index contributed by atoms with van der Waals surface area (Å²) in [7, 11) is 4.28. The van der Waals surface area contributed by atoms with Crippen LogP contribution < -0.4 is 15.5 Å². The zero-order valence-electron chi connectivity index (χ0n) is 14.4. The van der Waals surface area contributed by atoms with Crippen LogP contribution in [0.5, 0.6) is 0 Å². The van der Waals surface area contributed by atoms with Crippen LogP contribution in [-0.2, 0) is 6.42 Å². The fourth-order valence-corrected chi connectivity index (χ4v) is 2.64. The molecule has 0 aromatic heterocycles. The lowest BCUT2D eigenvalue weighted by atomic mass is 10.1. The first-order valence-corrected chi connectivity index (χ1v) is 8.51. The number of hydrogen-bond donors (Lipinski definition) is 3. The maximum absolute atomic E-state index is 13.6. The number of halogens is 1. The monoisotopic (exact) mass is 346 g/mol. The Balaban J connectivity index is 1.89. The average molecular weight is 346 g/mol. The Kier molecular flexibility index (Phi) is 6.70. The van der Waals surface area contributed by atoms with Crippen LogP contribution in [-0.4, -0.2) is 31.8 Å². The van der Waals surface area contributed by atoms with Crippen molar-refractivity contribution in [1.29, 1.82) is 0 Å². The second-order valence-corrected chi connectivity index (χ2v) is 6.67. The summed E-state index contributed by atoms with van der Waals surface area (Å²) in [6.07, 6.45) is 0.970. The molecule has 0 saturated carbocycles. The molecule has 0 radical (unpaired) electrons. The molecule has 0 unspecified atom stereocenters. The molecule has 2 rings (SSSR count). The van der Waals surface area contributed by atoms with Gasteiger partial charge in [0.2, 0.25) is 0 Å². The molecule has 3 nitrogen and oxygen atoms in total. The van der Waals surface area contributed by atoms with E-state index in [1.54, 1.807) is 13.0 Å². The lowest BCUT2D eigenvalue weighted by molar-refractivity contribution is -0.884. The molecule has 2 aromatic carbocycles. The van der Waals surface area contributed by atoms with E-state index in [9.17, 15) is 4.39 Å². The van der Waals surface area contributed by atoms with E-state index in [1.165, 1.54) is 16.5 Å². The van der Waals surface area contributed by atoms with Gasteiger partial charge < -0.3 is 15.5 Å². The largest absolute Gasteiger partial charge is 0.356 e. The maximum Gasteiger partial charge on any atom is 0.170 e. The summed E-state index contributed by atoms with van der Waals surface area (Å²) >= 11 is 5.33. The van der Waals surface area contributed by atoms with Gasteiger partial charge in [-0.05, 0) is 42.4 Å². The summed E-state index contributed by atoms with van der Waals surface area (Å²) in [5.74, 6) is -0.234. The number of anilines is 1. The van der Waals surface area contributed by atoms with Crippen LogP contribution in [0.2, 0.25) is 0 Å². The molecule has 0 saturated heterocycles. The zero-order valence-corrected chi connectivity index (χ0v) is 15.2. The summed E-state index contributed by atoms with van der Waals surface area (Å²) in [5, 5.41) is 6.79. The van der Waals surface area contributed by atoms with Gasteiger partial charge in [0.25, 0.3) is 0 Å². The Labute approximate surface area is 148 Å². The van der Waals surface area contributed by atoms with Gasteiger partial charge in [0.15, 0.2) is 5.11 Å². The molecule has 0 bridgehead atoms. The fourth-order valence-electron chi connectivity index (χ4n) is 2.44. The summed E-state index contributed by atoms with van der Waals surface area (Å²) < 4.78 is 13.6. The quantitative estimate of drug-likeness (QED) is 0.700. The first-order chi connectivity index (χ1) is 11.5. The molecule has 0 aliphatic rings. The Morgan fingerprint density at radius 3 is 2.50 bits per heavy atom. The SMILES string of the molecule is Cc1ccc(NC(=S)NC[C@H](Cc2ccccc2)[NH+](C)C)cc1F. The average Bonchev–Trinajstić information content (AvgIpc) is 2.55. The van der Waals surface area contributed by atoms with Crippen molar-refractivity contribution in [3.8, 4) is 0 Å². The number of thiocarbonyl (C=S) groups is 1. The smallest absolute Gasteiger partial charge is 0.170 e. The highest BCUT2D eigenvalue weighted by atomic mass is 32.1. The molecule has 0 aliphatic heterocycles. The van der Waals surface area contributed by atoms with Gasteiger partial charge in [-0.15, -0.1) is 0 Å². The van der Waals surface area contributed by atoms with Gasteiger partial charge in [-0.3, -0.25) is 0 Å². The third-order valence-electron chi connectivity index (χ3n) is 4.08. The van der Waals surface area contributed by atoms with E-state index < -0.39 is 0 Å². The van der Waals surface area contributed by atoms with Gasteiger partial charge in [0, 0.05) is 12.1 Å². The second kappa shape index (κ2) is 8.76. The predicted molar refractivity (Wildman–Crippen MR) is 102 cm³/mol. The van der Waals surface area contributed by atoms with E-state index in [0.29, 0.717) is 22.4 Å². The summed E-state index contributed by atoms with van der Waals surface area (Å²) in [6.45, 7) is 2.49. The minimum Gasteiger partial charge on any atom is -0.356 e. The Morgan fingerprint density at radius 2 is 1.88 bits per heavy atom. The van der Waals surface area contributed by atoms with E-state index in [1.807, 2.05) is 12.1 Å². The lowest BCUT2D eigenvalue weighted by Crippen LogP contribution is -3.11. The second-order valence-electron chi connectivity index (χ2n) is 6.26. The molecular weight excluding hydrogens is 321 g/mol. The van der Waals surface area contributed by atoms with Gasteiger partial charge in [-0.2, -0.15) is 0 Å². The van der Waals surface area contributed by atoms with Crippen LogP contribution in [0.1, 0.15) is 11.1 Å². The molecule has 24 heavy (non-hydrogen) atoms. The Bertz CT molecular complexity index is 674. The van der Waals surface area contributed by atoms with Crippen LogP contribution in [0.25, 0.3) is 0 Å². The van der Waals surface area contributed by atoms with Gasteiger partial charge in [-0.1, -0.05) is 36.4 Å². The van der Waals surface area contributed by atoms with Crippen molar-refractivity contribution in [1.82, 2.24) is 5.32 Å². The van der Waals surface area contributed by atoms with Crippen LogP contribution in [0.3, 0.4) is 0 Å². The third-order valence-corrected chi connectivity index (χ3v) is 4.33. The van der Waals surface area contributed by atoms with Crippen LogP contribution >= 0.6 is 12.2 Å². The standard InChI is InChI=1S/C19H24FN3S/c1-14-9-10-16(12-18(14)20)22-19(24)21-13-17(23(2)3)11-15-7-5-4-6-8-15/h4-10,12,17H,11,13H2,1-3H3,(H2,21,22,24)/p+1/t17-/m0/s1. The van der Waals surface area contributed by atoms with E-state index in [0.717, 1.165) is 13.0 Å². The van der Waals surface area contributed by atoms with Crippen molar-refractivity contribution in [2.75, 3.05) is 26.0 Å². The fraction of sp³-hybridized carbons (Fsp3) is 0.316. The first-order valence-electron chi connectivity index (χ1n) is 8.10. The maximum atomic E-state index is 13.6. The number of rotatable bonds is 6. The van der Waals surface area contributed by atoms with Crippen LogP contribution in [0.15, 0.2) is 48.5 Å². The zero-order chi connectivity index (χ0) is 17.5.